The Kier molecular flexibility index (Phi) is 5.85. The second-order valence-corrected chi connectivity index (χ2v) is 7.60. The van der Waals surface area contributed by atoms with E-state index < -0.39 is 0 Å². The van der Waals surface area contributed by atoms with E-state index >= 15 is 0 Å². The highest BCUT2D eigenvalue weighted by Gasteiger charge is 2.13. The maximum absolute atomic E-state index is 6.05. The quantitative estimate of drug-likeness (QED) is 0.323. The van der Waals surface area contributed by atoms with Crippen LogP contribution in [0, 0.1) is 3.57 Å². The molecule has 0 saturated heterocycles. The smallest absolute Gasteiger partial charge is 0.0595 e. The van der Waals surface area contributed by atoms with Gasteiger partial charge in [-0.25, -0.2) is 0 Å². The molecule has 0 aliphatic heterocycles. The SMILES string of the molecule is Clc1ccc(I)c(C(Br)Cc2ccc(Cl)c(Cl)c2)c1. The number of rotatable bonds is 3. The molecule has 100 valence electrons. The van der Waals surface area contributed by atoms with Gasteiger partial charge < -0.3 is 0 Å². The number of hydrogen-bond acceptors (Lipinski definition) is 0. The van der Waals surface area contributed by atoms with E-state index in [1.807, 2.05) is 36.4 Å². The molecule has 0 nitrogen and oxygen atoms in total. The van der Waals surface area contributed by atoms with Crippen molar-refractivity contribution in [3.05, 3.63) is 66.2 Å². The summed E-state index contributed by atoms with van der Waals surface area (Å²) in [7, 11) is 0. The van der Waals surface area contributed by atoms with Crippen LogP contribution in [0.15, 0.2) is 36.4 Å². The van der Waals surface area contributed by atoms with Crippen molar-refractivity contribution in [3.8, 4) is 0 Å². The first-order valence-electron chi connectivity index (χ1n) is 5.50. The van der Waals surface area contributed by atoms with Gasteiger partial charge in [-0.05, 0) is 70.5 Å². The summed E-state index contributed by atoms with van der Waals surface area (Å²) < 4.78 is 1.18. The fourth-order valence-corrected chi connectivity index (χ4v) is 4.13. The zero-order chi connectivity index (χ0) is 14.0. The van der Waals surface area contributed by atoms with E-state index in [4.69, 9.17) is 34.8 Å². The van der Waals surface area contributed by atoms with Gasteiger partial charge in [0, 0.05) is 13.4 Å². The number of hydrogen-bond donors (Lipinski definition) is 0. The van der Waals surface area contributed by atoms with Gasteiger partial charge in [-0.2, -0.15) is 0 Å². The molecule has 1 unspecified atom stereocenters. The minimum Gasteiger partial charge on any atom is -0.0843 e. The lowest BCUT2D eigenvalue weighted by molar-refractivity contribution is 0.943. The average Bonchev–Trinajstić information content (AvgIpc) is 2.36. The lowest BCUT2D eigenvalue weighted by atomic mass is 10.0. The van der Waals surface area contributed by atoms with Crippen molar-refractivity contribution in [2.75, 3.05) is 0 Å². The van der Waals surface area contributed by atoms with Crippen molar-refractivity contribution >= 4 is 73.3 Å². The van der Waals surface area contributed by atoms with Crippen LogP contribution in [0.3, 0.4) is 0 Å². The van der Waals surface area contributed by atoms with Crippen molar-refractivity contribution in [2.45, 2.75) is 11.2 Å². The van der Waals surface area contributed by atoms with E-state index in [1.54, 1.807) is 0 Å². The van der Waals surface area contributed by atoms with Crippen molar-refractivity contribution in [1.82, 2.24) is 0 Å². The maximum atomic E-state index is 6.05. The second-order valence-electron chi connectivity index (χ2n) is 4.09. The molecule has 0 aliphatic rings. The molecule has 0 fully saturated rings. The van der Waals surface area contributed by atoms with Gasteiger partial charge in [0.1, 0.15) is 0 Å². The largest absolute Gasteiger partial charge is 0.0843 e. The van der Waals surface area contributed by atoms with Gasteiger partial charge in [-0.3, -0.25) is 0 Å². The van der Waals surface area contributed by atoms with E-state index in [0.29, 0.717) is 10.0 Å². The summed E-state index contributed by atoms with van der Waals surface area (Å²) in [5.74, 6) is 0. The van der Waals surface area contributed by atoms with E-state index in [0.717, 1.165) is 17.0 Å². The summed E-state index contributed by atoms with van der Waals surface area (Å²) in [5, 5.41) is 1.91. The average molecular weight is 490 g/mol. The lowest BCUT2D eigenvalue weighted by Crippen LogP contribution is -1.98. The number of halogens is 5. The Hall–Kier alpha value is 0.520. The fraction of sp³-hybridized carbons (Fsp3) is 0.143. The van der Waals surface area contributed by atoms with Crippen molar-refractivity contribution < 1.29 is 0 Å². The monoisotopic (exact) mass is 488 g/mol. The molecule has 19 heavy (non-hydrogen) atoms. The van der Waals surface area contributed by atoms with Crippen LogP contribution in [-0.2, 0) is 6.42 Å². The van der Waals surface area contributed by atoms with Crippen LogP contribution >= 0.6 is 73.3 Å². The Morgan fingerprint density at radius 1 is 1.00 bits per heavy atom. The van der Waals surface area contributed by atoms with Crippen LogP contribution in [0.25, 0.3) is 0 Å². The van der Waals surface area contributed by atoms with Crippen LogP contribution in [-0.4, -0.2) is 0 Å². The summed E-state index contributed by atoms with van der Waals surface area (Å²) in [6.45, 7) is 0. The molecule has 0 aromatic heterocycles. The zero-order valence-electron chi connectivity index (χ0n) is 9.64. The first-order valence-corrected chi connectivity index (χ1v) is 8.63. The van der Waals surface area contributed by atoms with Gasteiger partial charge in [-0.1, -0.05) is 56.8 Å². The molecule has 2 aromatic carbocycles. The Balaban J connectivity index is 2.22. The molecule has 2 aromatic rings. The summed E-state index contributed by atoms with van der Waals surface area (Å²) in [5.41, 5.74) is 2.31. The van der Waals surface area contributed by atoms with Crippen LogP contribution < -0.4 is 0 Å². The van der Waals surface area contributed by atoms with E-state index in [2.05, 4.69) is 38.5 Å². The van der Waals surface area contributed by atoms with Gasteiger partial charge in [0.05, 0.1) is 10.0 Å². The predicted molar refractivity (Wildman–Crippen MR) is 96.0 cm³/mol. The summed E-state index contributed by atoms with van der Waals surface area (Å²) >= 11 is 24.0. The topological polar surface area (TPSA) is 0 Å². The molecule has 0 saturated carbocycles. The third kappa shape index (κ3) is 4.24. The standard InChI is InChI=1S/C14H9BrCl3I/c15-11(10-7-9(16)2-4-14(10)19)5-8-1-3-12(17)13(18)6-8/h1-4,6-7,11H,5H2. The Morgan fingerprint density at radius 2 is 1.74 bits per heavy atom. The molecular weight excluding hydrogens is 481 g/mol. The predicted octanol–water partition coefficient (Wildman–Crippen LogP) is 6.93. The van der Waals surface area contributed by atoms with Crippen LogP contribution in [0.4, 0.5) is 0 Å². The van der Waals surface area contributed by atoms with Crippen LogP contribution in [0.5, 0.6) is 0 Å². The molecule has 0 spiro atoms. The molecule has 0 aliphatic carbocycles. The Bertz CT molecular complexity index is 601. The highest BCUT2D eigenvalue weighted by atomic mass is 127. The van der Waals surface area contributed by atoms with Crippen LogP contribution in [0.2, 0.25) is 15.1 Å². The Labute approximate surface area is 149 Å². The highest BCUT2D eigenvalue weighted by Crippen LogP contribution is 2.33. The fourth-order valence-electron chi connectivity index (χ4n) is 1.74. The normalized spacial score (nSPS) is 12.5. The van der Waals surface area contributed by atoms with Crippen LogP contribution in [0.1, 0.15) is 16.0 Å². The third-order valence-electron chi connectivity index (χ3n) is 2.69. The van der Waals surface area contributed by atoms with E-state index in [1.165, 1.54) is 9.13 Å². The second kappa shape index (κ2) is 6.99. The molecule has 0 amide bonds. The zero-order valence-corrected chi connectivity index (χ0v) is 15.6. The highest BCUT2D eigenvalue weighted by molar-refractivity contribution is 14.1. The summed E-state index contributed by atoms with van der Waals surface area (Å²) in [6.07, 6.45) is 0.827. The molecular formula is C14H9BrCl3I. The minimum atomic E-state index is 0.190. The molecule has 0 bridgehead atoms. The summed E-state index contributed by atoms with van der Waals surface area (Å²) in [4.78, 5) is 0.190. The first-order chi connectivity index (χ1) is 8.97. The third-order valence-corrected chi connectivity index (χ3v) is 5.47. The minimum absolute atomic E-state index is 0.190. The van der Waals surface area contributed by atoms with Gasteiger partial charge in [0.2, 0.25) is 0 Å². The van der Waals surface area contributed by atoms with Crippen molar-refractivity contribution in [1.29, 1.82) is 0 Å². The van der Waals surface area contributed by atoms with E-state index in [-0.39, 0.29) is 4.83 Å². The molecule has 2 rings (SSSR count). The molecule has 0 radical (unpaired) electrons. The van der Waals surface area contributed by atoms with Crippen molar-refractivity contribution in [2.24, 2.45) is 0 Å². The van der Waals surface area contributed by atoms with Gasteiger partial charge in [0.15, 0.2) is 0 Å². The number of alkyl halides is 1. The van der Waals surface area contributed by atoms with Gasteiger partial charge in [-0.15, -0.1) is 0 Å². The summed E-state index contributed by atoms with van der Waals surface area (Å²) in [6, 6.07) is 11.6. The molecule has 0 N–H and O–H groups in total. The first kappa shape index (κ1) is 15.9. The Morgan fingerprint density at radius 3 is 2.42 bits per heavy atom. The molecule has 0 heterocycles. The maximum Gasteiger partial charge on any atom is 0.0595 e. The molecule has 1 atom stereocenters. The van der Waals surface area contributed by atoms with Crippen molar-refractivity contribution in [3.63, 3.8) is 0 Å². The van der Waals surface area contributed by atoms with Gasteiger partial charge in [0.25, 0.3) is 0 Å². The van der Waals surface area contributed by atoms with Gasteiger partial charge >= 0.3 is 0 Å². The number of benzene rings is 2. The van der Waals surface area contributed by atoms with E-state index in [9.17, 15) is 0 Å². The lowest BCUT2D eigenvalue weighted by Gasteiger charge is -2.13. The molecule has 5 heteroatoms.